The summed E-state index contributed by atoms with van der Waals surface area (Å²) in [6.45, 7) is 5.74. The largest absolute Gasteiger partial charge is 0.496 e. The van der Waals surface area contributed by atoms with Crippen molar-refractivity contribution in [3.63, 3.8) is 0 Å². The van der Waals surface area contributed by atoms with Gasteiger partial charge in [-0.25, -0.2) is 0 Å². The number of aryl methyl sites for hydroxylation is 1. The van der Waals surface area contributed by atoms with E-state index in [2.05, 4.69) is 16.0 Å². The number of benzene rings is 1. The van der Waals surface area contributed by atoms with E-state index in [1.54, 1.807) is 7.11 Å². The number of alkyl halides is 3. The molecule has 1 aliphatic rings. The molecule has 0 atom stereocenters. The maximum absolute atomic E-state index is 12.4. The van der Waals surface area contributed by atoms with Crippen LogP contribution in [0.25, 0.3) is 10.9 Å². The van der Waals surface area contributed by atoms with E-state index >= 15 is 0 Å². The van der Waals surface area contributed by atoms with Crippen molar-refractivity contribution in [2.75, 3.05) is 39.8 Å². The molecule has 1 N–H and O–H groups in total. The molecule has 1 aromatic heterocycles. The van der Waals surface area contributed by atoms with Gasteiger partial charge < -0.3 is 14.6 Å². The van der Waals surface area contributed by atoms with E-state index in [4.69, 9.17) is 4.74 Å². The zero-order chi connectivity index (χ0) is 18.0. The molecule has 1 aromatic carbocycles. The van der Waals surface area contributed by atoms with Crippen molar-refractivity contribution in [3.8, 4) is 5.75 Å². The molecule has 2 aromatic rings. The van der Waals surface area contributed by atoms with Gasteiger partial charge in [0.25, 0.3) is 0 Å². The molecule has 25 heavy (non-hydrogen) atoms. The summed E-state index contributed by atoms with van der Waals surface area (Å²) in [6.07, 6.45) is -2.88. The Kier molecular flexibility index (Phi) is 5.24. The summed E-state index contributed by atoms with van der Waals surface area (Å²) >= 11 is 0. The van der Waals surface area contributed by atoms with Crippen molar-refractivity contribution < 1.29 is 17.9 Å². The highest BCUT2D eigenvalue weighted by Crippen LogP contribution is 2.31. The van der Waals surface area contributed by atoms with Gasteiger partial charge in [0.1, 0.15) is 5.75 Å². The van der Waals surface area contributed by atoms with Crippen molar-refractivity contribution in [1.82, 2.24) is 14.8 Å². The van der Waals surface area contributed by atoms with Crippen LogP contribution in [-0.2, 0) is 6.54 Å². The number of piperazine rings is 1. The highest BCUT2D eigenvalue weighted by atomic mass is 19.4. The van der Waals surface area contributed by atoms with Crippen LogP contribution >= 0.6 is 0 Å². The molecule has 3 rings (SSSR count). The average molecular weight is 355 g/mol. The summed E-state index contributed by atoms with van der Waals surface area (Å²) in [4.78, 5) is 7.44. The number of aromatic nitrogens is 1. The fourth-order valence-electron chi connectivity index (χ4n) is 3.46. The Morgan fingerprint density at radius 2 is 1.84 bits per heavy atom. The average Bonchev–Trinajstić information content (AvgIpc) is 3.06. The van der Waals surface area contributed by atoms with Crippen molar-refractivity contribution in [3.05, 3.63) is 29.5 Å². The first-order valence-corrected chi connectivity index (χ1v) is 8.52. The first-order valence-electron chi connectivity index (χ1n) is 8.52. The first kappa shape index (κ1) is 18.1. The van der Waals surface area contributed by atoms with Crippen LogP contribution in [0.15, 0.2) is 18.3 Å². The van der Waals surface area contributed by atoms with Crippen molar-refractivity contribution in [1.29, 1.82) is 0 Å². The monoisotopic (exact) mass is 355 g/mol. The second-order valence-corrected chi connectivity index (χ2v) is 6.62. The van der Waals surface area contributed by atoms with Crippen molar-refractivity contribution in [2.24, 2.45) is 0 Å². The van der Waals surface area contributed by atoms with E-state index in [9.17, 15) is 13.2 Å². The molecule has 1 aliphatic heterocycles. The van der Waals surface area contributed by atoms with Crippen LogP contribution in [0.5, 0.6) is 5.75 Å². The lowest BCUT2D eigenvalue weighted by molar-refractivity contribution is -0.138. The Labute approximate surface area is 145 Å². The Hall–Kier alpha value is -1.73. The van der Waals surface area contributed by atoms with E-state index in [0.29, 0.717) is 13.1 Å². The summed E-state index contributed by atoms with van der Waals surface area (Å²) in [5.74, 6) is 0.865. The van der Waals surface area contributed by atoms with Crippen molar-refractivity contribution in [2.45, 2.75) is 26.1 Å². The third-order valence-electron chi connectivity index (χ3n) is 4.89. The molecule has 1 fully saturated rings. The number of methoxy groups -OCH3 is 1. The Morgan fingerprint density at radius 1 is 1.16 bits per heavy atom. The molecule has 138 valence electrons. The number of halogens is 3. The second-order valence-electron chi connectivity index (χ2n) is 6.62. The molecule has 2 heterocycles. The van der Waals surface area contributed by atoms with Crippen molar-refractivity contribution >= 4 is 10.9 Å². The predicted molar refractivity (Wildman–Crippen MR) is 92.0 cm³/mol. The Balaban J connectivity index is 1.65. The lowest BCUT2D eigenvalue weighted by atomic mass is 10.0. The van der Waals surface area contributed by atoms with E-state index in [1.807, 2.05) is 24.1 Å². The van der Waals surface area contributed by atoms with E-state index in [-0.39, 0.29) is 6.54 Å². The first-order chi connectivity index (χ1) is 11.9. The normalized spacial score (nSPS) is 17.3. The summed E-state index contributed by atoms with van der Waals surface area (Å²) in [5, 5.41) is 1.15. The van der Waals surface area contributed by atoms with Gasteiger partial charge in [0.2, 0.25) is 0 Å². The number of ether oxygens (including phenoxy) is 1. The number of hydrogen-bond acceptors (Lipinski definition) is 3. The van der Waals surface area contributed by atoms with Gasteiger partial charge in [0.05, 0.1) is 13.5 Å². The van der Waals surface area contributed by atoms with Gasteiger partial charge in [-0.15, -0.1) is 0 Å². The quantitative estimate of drug-likeness (QED) is 0.890. The Bertz CT molecular complexity index is 718. The predicted octanol–water partition coefficient (Wildman–Crippen LogP) is 3.55. The minimum absolute atomic E-state index is 0.0905. The number of nitrogens with zero attached hydrogens (tertiary/aromatic N) is 2. The maximum atomic E-state index is 12.4. The van der Waals surface area contributed by atoms with Crippen LogP contribution in [0.4, 0.5) is 13.2 Å². The summed E-state index contributed by atoms with van der Waals surface area (Å²) < 4.78 is 42.6. The SMILES string of the molecule is COc1cc(C)c2[nH]ccc2c1CN1CCN(CCC(F)(F)F)CC1. The summed E-state index contributed by atoms with van der Waals surface area (Å²) in [5.41, 5.74) is 3.38. The van der Waals surface area contributed by atoms with Crippen LogP contribution in [0.3, 0.4) is 0 Å². The van der Waals surface area contributed by atoms with Gasteiger partial charge in [-0.1, -0.05) is 0 Å². The van der Waals surface area contributed by atoms with Crippen LogP contribution in [-0.4, -0.2) is 60.8 Å². The number of nitrogens with one attached hydrogen (secondary N) is 1. The van der Waals surface area contributed by atoms with Gasteiger partial charge in [-0.2, -0.15) is 13.2 Å². The number of rotatable bonds is 5. The van der Waals surface area contributed by atoms with Crippen LogP contribution in [0, 0.1) is 6.92 Å². The zero-order valence-electron chi connectivity index (χ0n) is 14.6. The Morgan fingerprint density at radius 3 is 2.48 bits per heavy atom. The van der Waals surface area contributed by atoms with Crippen LogP contribution < -0.4 is 4.74 Å². The second kappa shape index (κ2) is 7.25. The molecule has 0 saturated carbocycles. The van der Waals surface area contributed by atoms with Crippen LogP contribution in [0.1, 0.15) is 17.5 Å². The third-order valence-corrected chi connectivity index (χ3v) is 4.89. The molecule has 4 nitrogen and oxygen atoms in total. The number of H-pyrrole nitrogens is 1. The van der Waals surface area contributed by atoms with Gasteiger partial charge in [-0.05, 0) is 24.6 Å². The number of hydrogen-bond donors (Lipinski definition) is 1. The number of fused-ring (bicyclic) bond motifs is 1. The molecule has 1 saturated heterocycles. The highest BCUT2D eigenvalue weighted by molar-refractivity contribution is 5.88. The van der Waals surface area contributed by atoms with Gasteiger partial charge in [0, 0.05) is 61.9 Å². The molecule has 7 heteroatoms. The zero-order valence-corrected chi connectivity index (χ0v) is 14.6. The van der Waals surface area contributed by atoms with E-state index in [0.717, 1.165) is 47.4 Å². The molecule has 0 radical (unpaired) electrons. The fourth-order valence-corrected chi connectivity index (χ4v) is 3.46. The summed E-state index contributed by atoms with van der Waals surface area (Å²) in [7, 11) is 1.67. The number of aromatic amines is 1. The molecular weight excluding hydrogens is 331 g/mol. The highest BCUT2D eigenvalue weighted by Gasteiger charge is 2.29. The van der Waals surface area contributed by atoms with E-state index < -0.39 is 12.6 Å². The fraction of sp³-hybridized carbons (Fsp3) is 0.556. The third kappa shape index (κ3) is 4.27. The van der Waals surface area contributed by atoms with Gasteiger partial charge in [-0.3, -0.25) is 4.90 Å². The lowest BCUT2D eigenvalue weighted by Crippen LogP contribution is -2.46. The standard InChI is InChI=1S/C18H24F3N3O/c1-13-11-16(25-2)15(14-3-5-22-17(13)14)12-24-9-7-23(8-10-24)6-4-18(19,20)21/h3,5,11,22H,4,6-10,12H2,1-2H3. The van der Waals surface area contributed by atoms with Gasteiger partial charge >= 0.3 is 6.18 Å². The lowest BCUT2D eigenvalue weighted by Gasteiger charge is -2.35. The molecule has 0 amide bonds. The molecule has 0 unspecified atom stereocenters. The van der Waals surface area contributed by atoms with Crippen LogP contribution in [0.2, 0.25) is 0 Å². The molecule has 0 aliphatic carbocycles. The molecule has 0 bridgehead atoms. The minimum Gasteiger partial charge on any atom is -0.496 e. The van der Waals surface area contributed by atoms with E-state index in [1.165, 1.54) is 0 Å². The topological polar surface area (TPSA) is 31.5 Å². The minimum atomic E-state index is -4.08. The molecule has 0 spiro atoms. The smallest absolute Gasteiger partial charge is 0.390 e. The van der Waals surface area contributed by atoms with Gasteiger partial charge in [0.15, 0.2) is 0 Å². The molecular formula is C18H24F3N3O. The summed E-state index contributed by atoms with van der Waals surface area (Å²) in [6, 6.07) is 4.09. The maximum Gasteiger partial charge on any atom is 0.390 e.